The van der Waals surface area contributed by atoms with E-state index in [9.17, 15) is 0 Å². The van der Waals surface area contributed by atoms with Gasteiger partial charge in [-0.2, -0.15) is 0 Å². The number of rotatable bonds is 3. The first-order valence-electron chi connectivity index (χ1n) is 3.43. The maximum Gasteiger partial charge on any atom is 0.180 e. The van der Waals surface area contributed by atoms with E-state index in [1.54, 1.807) is 0 Å². The van der Waals surface area contributed by atoms with Gasteiger partial charge in [0.25, 0.3) is 0 Å². The van der Waals surface area contributed by atoms with Gasteiger partial charge in [-0.1, -0.05) is 5.16 Å². The molecule has 4 N–H and O–H groups in total. The summed E-state index contributed by atoms with van der Waals surface area (Å²) in [5.74, 6) is 0.391. The van der Waals surface area contributed by atoms with Gasteiger partial charge in [-0.15, -0.1) is 11.3 Å². The van der Waals surface area contributed by atoms with E-state index in [1.807, 2.05) is 12.1 Å². The molecule has 0 fully saturated rings. The van der Waals surface area contributed by atoms with Crippen molar-refractivity contribution >= 4 is 17.2 Å². The average Bonchev–Trinajstić information content (AvgIpc) is 2.52. The summed E-state index contributed by atoms with van der Waals surface area (Å²) in [6.45, 7) is 0.533. The average molecular weight is 185 g/mol. The second-order valence-electron chi connectivity index (χ2n) is 2.13. The summed E-state index contributed by atoms with van der Waals surface area (Å²) in [4.78, 5) is 6.51. The van der Waals surface area contributed by atoms with Crippen LogP contribution in [0.3, 0.4) is 0 Å². The topological polar surface area (TPSA) is 73.6 Å². The number of oxime groups is 1. The molecule has 4 nitrogen and oxygen atoms in total. The molecular weight excluding hydrogens is 174 g/mol. The van der Waals surface area contributed by atoms with E-state index in [0.717, 1.165) is 9.75 Å². The lowest BCUT2D eigenvalue weighted by Crippen LogP contribution is -2.11. The Hall–Kier alpha value is -1.07. The Bertz CT molecular complexity index is 282. The predicted molar refractivity (Wildman–Crippen MR) is 49.9 cm³/mol. The molecule has 12 heavy (non-hydrogen) atoms. The third-order valence-corrected chi connectivity index (χ3v) is 2.43. The van der Waals surface area contributed by atoms with Crippen LogP contribution >= 0.6 is 11.3 Å². The number of hydrogen-bond acceptors (Lipinski definition) is 4. The second-order valence-corrected chi connectivity index (χ2v) is 3.30. The Balaban J connectivity index is 2.81. The van der Waals surface area contributed by atoms with Gasteiger partial charge in [-0.05, 0) is 12.1 Å². The van der Waals surface area contributed by atoms with Crippen LogP contribution < -0.4 is 11.5 Å². The fourth-order valence-electron chi connectivity index (χ4n) is 0.769. The van der Waals surface area contributed by atoms with Gasteiger partial charge in [0.1, 0.15) is 7.11 Å². The first kappa shape index (κ1) is 9.02. The van der Waals surface area contributed by atoms with Crippen molar-refractivity contribution in [2.45, 2.75) is 6.54 Å². The molecular formula is C7H11N3OS. The van der Waals surface area contributed by atoms with Crippen LogP contribution in [-0.4, -0.2) is 12.9 Å². The summed E-state index contributed by atoms with van der Waals surface area (Å²) in [6, 6.07) is 3.81. The molecule has 0 aliphatic carbocycles. The van der Waals surface area contributed by atoms with Crippen LogP contribution in [-0.2, 0) is 11.4 Å². The second kappa shape index (κ2) is 4.08. The van der Waals surface area contributed by atoms with Crippen LogP contribution in [0, 0.1) is 0 Å². The number of nitrogens with zero attached hydrogens (tertiary/aromatic N) is 1. The van der Waals surface area contributed by atoms with Crippen LogP contribution in [0.15, 0.2) is 17.3 Å². The van der Waals surface area contributed by atoms with Gasteiger partial charge in [-0.25, -0.2) is 0 Å². The molecule has 1 rings (SSSR count). The summed E-state index contributed by atoms with van der Waals surface area (Å²) in [5.41, 5.74) is 11.0. The number of nitrogens with two attached hydrogens (primary N) is 2. The quantitative estimate of drug-likeness (QED) is 0.408. The molecule has 0 aromatic carbocycles. The molecule has 0 amide bonds. The van der Waals surface area contributed by atoms with Crippen LogP contribution in [0.1, 0.15) is 9.75 Å². The molecule has 0 atom stereocenters. The normalized spacial score (nSPS) is 11.7. The van der Waals surface area contributed by atoms with Crippen molar-refractivity contribution in [3.05, 3.63) is 21.9 Å². The van der Waals surface area contributed by atoms with E-state index in [2.05, 4.69) is 9.99 Å². The first-order chi connectivity index (χ1) is 5.77. The first-order valence-corrected chi connectivity index (χ1v) is 4.25. The Morgan fingerprint density at radius 3 is 2.92 bits per heavy atom. The van der Waals surface area contributed by atoms with Gasteiger partial charge in [0.2, 0.25) is 0 Å². The largest absolute Gasteiger partial charge is 0.397 e. The van der Waals surface area contributed by atoms with Crippen LogP contribution in [0.25, 0.3) is 0 Å². The fourth-order valence-corrected chi connectivity index (χ4v) is 1.55. The van der Waals surface area contributed by atoms with E-state index < -0.39 is 0 Å². The van der Waals surface area contributed by atoms with E-state index >= 15 is 0 Å². The van der Waals surface area contributed by atoms with Crippen LogP contribution in [0.5, 0.6) is 0 Å². The maximum atomic E-state index is 5.57. The van der Waals surface area contributed by atoms with E-state index in [0.29, 0.717) is 12.4 Å². The number of hydrogen-bond donors (Lipinski definition) is 2. The minimum atomic E-state index is 0.391. The molecule has 0 aliphatic heterocycles. The lowest BCUT2D eigenvalue weighted by atomic mass is 10.4. The van der Waals surface area contributed by atoms with E-state index in [4.69, 9.17) is 11.5 Å². The zero-order valence-corrected chi connectivity index (χ0v) is 7.60. The lowest BCUT2D eigenvalue weighted by Gasteiger charge is -1.93. The minimum Gasteiger partial charge on any atom is -0.397 e. The minimum absolute atomic E-state index is 0.391. The molecule has 0 aliphatic rings. The van der Waals surface area contributed by atoms with Crippen molar-refractivity contribution in [3.8, 4) is 0 Å². The third-order valence-electron chi connectivity index (χ3n) is 1.30. The summed E-state index contributed by atoms with van der Waals surface area (Å²) in [7, 11) is 1.46. The van der Waals surface area contributed by atoms with E-state index in [-0.39, 0.29) is 0 Å². The fraction of sp³-hybridized carbons (Fsp3) is 0.286. The highest BCUT2D eigenvalue weighted by Crippen LogP contribution is 2.15. The summed E-state index contributed by atoms with van der Waals surface area (Å²) in [5, 5.41) is 3.61. The molecule has 1 aromatic heterocycles. The van der Waals surface area contributed by atoms with Crippen molar-refractivity contribution in [2.24, 2.45) is 16.6 Å². The van der Waals surface area contributed by atoms with Crippen LogP contribution in [0.4, 0.5) is 0 Å². The summed E-state index contributed by atoms with van der Waals surface area (Å²) in [6.07, 6.45) is 0. The van der Waals surface area contributed by atoms with Gasteiger partial charge in [-0.3, -0.25) is 0 Å². The van der Waals surface area contributed by atoms with Gasteiger partial charge in [0, 0.05) is 11.4 Å². The highest BCUT2D eigenvalue weighted by Gasteiger charge is 2.02. The van der Waals surface area contributed by atoms with Crippen LogP contribution in [0.2, 0.25) is 0 Å². The molecule has 1 aromatic rings. The SMILES string of the molecule is CON=C(N)c1ccc(CN)s1. The van der Waals surface area contributed by atoms with Gasteiger partial charge >= 0.3 is 0 Å². The number of amidine groups is 1. The summed E-state index contributed by atoms with van der Waals surface area (Å²) < 4.78 is 0. The molecule has 1 heterocycles. The zero-order valence-electron chi connectivity index (χ0n) is 6.78. The molecule has 5 heteroatoms. The molecule has 0 saturated carbocycles. The maximum absolute atomic E-state index is 5.57. The highest BCUT2D eigenvalue weighted by atomic mass is 32.1. The lowest BCUT2D eigenvalue weighted by molar-refractivity contribution is 0.213. The molecule has 0 bridgehead atoms. The van der Waals surface area contributed by atoms with Gasteiger partial charge in [0.05, 0.1) is 4.88 Å². The predicted octanol–water partition coefficient (Wildman–Crippen LogP) is 0.474. The Morgan fingerprint density at radius 1 is 1.67 bits per heavy atom. The highest BCUT2D eigenvalue weighted by molar-refractivity contribution is 7.14. The van der Waals surface area contributed by atoms with Gasteiger partial charge < -0.3 is 16.3 Å². The van der Waals surface area contributed by atoms with Crippen molar-refractivity contribution in [1.82, 2.24) is 0 Å². The van der Waals surface area contributed by atoms with Gasteiger partial charge in [0.15, 0.2) is 5.84 Å². The third kappa shape index (κ3) is 1.96. The Labute approximate surface area is 74.8 Å². The summed E-state index contributed by atoms with van der Waals surface area (Å²) >= 11 is 1.52. The van der Waals surface area contributed by atoms with Crippen molar-refractivity contribution < 1.29 is 4.84 Å². The molecule has 0 saturated heterocycles. The van der Waals surface area contributed by atoms with Crippen molar-refractivity contribution in [1.29, 1.82) is 0 Å². The smallest absolute Gasteiger partial charge is 0.180 e. The number of thiophene rings is 1. The molecule has 0 spiro atoms. The molecule has 0 radical (unpaired) electrons. The monoisotopic (exact) mass is 185 g/mol. The molecule has 0 unspecified atom stereocenters. The van der Waals surface area contributed by atoms with Crippen molar-refractivity contribution in [3.63, 3.8) is 0 Å². The zero-order chi connectivity index (χ0) is 8.97. The standard InChI is InChI=1S/C7H11N3OS/c1-11-10-7(9)6-3-2-5(4-8)12-6/h2-3H,4,8H2,1H3,(H2,9,10). The van der Waals surface area contributed by atoms with E-state index in [1.165, 1.54) is 18.4 Å². The van der Waals surface area contributed by atoms with Crippen molar-refractivity contribution in [2.75, 3.05) is 7.11 Å². The Kier molecular flexibility index (Phi) is 3.07. The Morgan fingerprint density at radius 2 is 2.42 bits per heavy atom. The molecule has 66 valence electrons.